The topological polar surface area (TPSA) is 34.1 Å². The quantitative estimate of drug-likeness (QED) is 0.697. The van der Waals surface area contributed by atoms with Crippen LogP contribution in [0.1, 0.15) is 20.3 Å². The Hall–Kier alpha value is -1.07. The van der Waals surface area contributed by atoms with E-state index in [1.807, 2.05) is 36.4 Å². The van der Waals surface area contributed by atoms with Gasteiger partial charge in [0.25, 0.3) is 0 Å². The fourth-order valence-electron chi connectivity index (χ4n) is 3.07. The van der Waals surface area contributed by atoms with E-state index in [-0.39, 0.29) is 4.08 Å². The van der Waals surface area contributed by atoms with Crippen molar-refractivity contribution in [3.63, 3.8) is 0 Å². The van der Waals surface area contributed by atoms with Crippen LogP contribution in [-0.2, 0) is 9.84 Å². The molecule has 4 heteroatoms. The molecule has 0 spiro atoms. The average molecular weight is 391 g/mol. The van der Waals surface area contributed by atoms with Gasteiger partial charge in [-0.25, -0.2) is 0 Å². The molecule has 0 aliphatic carbocycles. The van der Waals surface area contributed by atoms with Gasteiger partial charge in [-0.1, -0.05) is 0 Å². The van der Waals surface area contributed by atoms with Crippen molar-refractivity contribution in [2.45, 2.75) is 40.8 Å². The van der Waals surface area contributed by atoms with Crippen LogP contribution in [0.4, 0.5) is 0 Å². The summed E-state index contributed by atoms with van der Waals surface area (Å²) in [5.74, 6) is 4.80. The van der Waals surface area contributed by atoms with E-state index in [0.29, 0.717) is 10.8 Å². The molecule has 0 aromatic heterocycles. The Balaban J connectivity index is 2.54. The summed E-state index contributed by atoms with van der Waals surface area (Å²) in [6.45, 7) is 4.22. The van der Waals surface area contributed by atoms with Crippen molar-refractivity contribution in [1.82, 2.24) is 0 Å². The molecule has 2 rings (SSSR count). The van der Waals surface area contributed by atoms with Crippen LogP contribution < -0.4 is 4.40 Å². The van der Waals surface area contributed by atoms with Crippen molar-refractivity contribution >= 4 is 27.5 Å². The molecule has 1 atom stereocenters. The van der Waals surface area contributed by atoms with E-state index < -0.39 is 23.1 Å². The third kappa shape index (κ3) is 4.07. The fraction of sp³-hybridized carbons (Fsp3) is 0.368. The summed E-state index contributed by atoms with van der Waals surface area (Å²) in [6.07, 6.45) is 0.721. The van der Waals surface area contributed by atoms with Gasteiger partial charge in [0.15, 0.2) is 0 Å². The Kier molecular flexibility index (Phi) is 5.74. The SMILES string of the molecule is CC(C)C[CH](S(=O)(=O)c1ccccc1)[Ge]([CH3])([CH3])[c]1ccccc1. The second kappa shape index (κ2) is 7.22. The van der Waals surface area contributed by atoms with Crippen molar-refractivity contribution in [2.24, 2.45) is 5.92 Å². The summed E-state index contributed by atoms with van der Waals surface area (Å²) in [4.78, 5) is 0.459. The van der Waals surface area contributed by atoms with Crippen LogP contribution in [0.15, 0.2) is 65.6 Å². The molecule has 0 amide bonds. The van der Waals surface area contributed by atoms with Gasteiger partial charge in [0.2, 0.25) is 0 Å². The van der Waals surface area contributed by atoms with Gasteiger partial charge < -0.3 is 0 Å². The molecule has 2 aromatic carbocycles. The molecule has 0 aliphatic heterocycles. The second-order valence-corrected chi connectivity index (χ2v) is 20.0. The van der Waals surface area contributed by atoms with E-state index in [4.69, 9.17) is 0 Å². The van der Waals surface area contributed by atoms with E-state index in [1.54, 1.807) is 12.1 Å². The van der Waals surface area contributed by atoms with Crippen molar-refractivity contribution in [1.29, 1.82) is 0 Å². The number of hydrogen-bond acceptors (Lipinski definition) is 2. The molecular weight excluding hydrogens is 365 g/mol. The number of benzene rings is 2. The number of rotatable bonds is 6. The van der Waals surface area contributed by atoms with E-state index in [9.17, 15) is 8.42 Å². The molecular formula is C19H26GeO2S. The Bertz CT molecular complexity index is 722. The van der Waals surface area contributed by atoms with E-state index >= 15 is 0 Å². The van der Waals surface area contributed by atoms with Gasteiger partial charge in [-0.3, -0.25) is 0 Å². The van der Waals surface area contributed by atoms with E-state index in [2.05, 4.69) is 37.5 Å². The van der Waals surface area contributed by atoms with Crippen LogP contribution in [0.3, 0.4) is 0 Å². The van der Waals surface area contributed by atoms with Crippen LogP contribution in [-0.4, -0.2) is 25.8 Å². The first-order chi connectivity index (χ1) is 10.8. The van der Waals surface area contributed by atoms with Gasteiger partial charge in [0.05, 0.1) is 0 Å². The first kappa shape index (κ1) is 18.3. The Morgan fingerprint density at radius 2 is 1.35 bits per heavy atom. The first-order valence-electron chi connectivity index (χ1n) is 8.10. The van der Waals surface area contributed by atoms with Gasteiger partial charge in [-0.2, -0.15) is 0 Å². The van der Waals surface area contributed by atoms with Crippen molar-refractivity contribution < 1.29 is 8.42 Å². The summed E-state index contributed by atoms with van der Waals surface area (Å²) in [7, 11) is -3.32. The normalized spacial score (nSPS) is 14.0. The molecule has 0 saturated heterocycles. The van der Waals surface area contributed by atoms with Crippen molar-refractivity contribution in [3.8, 4) is 0 Å². The van der Waals surface area contributed by atoms with Crippen LogP contribution in [0.5, 0.6) is 0 Å². The molecule has 1 unspecified atom stereocenters. The molecule has 0 fully saturated rings. The molecule has 23 heavy (non-hydrogen) atoms. The predicted octanol–water partition coefficient (Wildman–Crippen LogP) is 4.03. The first-order valence-corrected chi connectivity index (χ1v) is 16.1. The molecule has 2 nitrogen and oxygen atoms in total. The van der Waals surface area contributed by atoms with Gasteiger partial charge >= 0.3 is 143 Å². The minimum absolute atomic E-state index is 0.271. The van der Waals surface area contributed by atoms with Crippen LogP contribution in [0, 0.1) is 5.92 Å². The van der Waals surface area contributed by atoms with E-state index in [0.717, 1.165) is 6.42 Å². The molecule has 0 N–H and O–H groups in total. The Labute approximate surface area is 143 Å². The van der Waals surface area contributed by atoms with Crippen molar-refractivity contribution in [3.05, 3.63) is 60.7 Å². The van der Waals surface area contributed by atoms with Crippen molar-refractivity contribution in [2.75, 3.05) is 0 Å². The van der Waals surface area contributed by atoms with Gasteiger partial charge in [-0.15, -0.1) is 0 Å². The number of sulfone groups is 1. The molecule has 0 heterocycles. The molecule has 0 bridgehead atoms. The van der Waals surface area contributed by atoms with Gasteiger partial charge in [-0.05, 0) is 0 Å². The average Bonchev–Trinajstić information content (AvgIpc) is 2.54. The third-order valence-corrected chi connectivity index (χ3v) is 19.0. The maximum absolute atomic E-state index is 13.3. The van der Waals surface area contributed by atoms with E-state index in [1.165, 1.54) is 4.40 Å². The number of hydrogen-bond donors (Lipinski definition) is 0. The zero-order valence-corrected chi connectivity index (χ0v) is 17.3. The molecule has 0 aliphatic rings. The summed E-state index contributed by atoms with van der Waals surface area (Å²) in [6, 6.07) is 19.2. The third-order valence-electron chi connectivity index (χ3n) is 4.45. The van der Waals surface area contributed by atoms with Gasteiger partial charge in [0, 0.05) is 0 Å². The monoisotopic (exact) mass is 392 g/mol. The van der Waals surface area contributed by atoms with Crippen LogP contribution >= 0.6 is 0 Å². The molecule has 124 valence electrons. The minimum atomic E-state index is -3.32. The Morgan fingerprint density at radius 3 is 1.83 bits per heavy atom. The Morgan fingerprint density at radius 1 is 0.870 bits per heavy atom. The molecule has 0 saturated carbocycles. The second-order valence-electron chi connectivity index (χ2n) is 7.06. The maximum atomic E-state index is 13.3. The summed E-state index contributed by atoms with van der Waals surface area (Å²) in [5.41, 5.74) is 0. The zero-order chi connectivity index (χ0) is 17.1. The standard InChI is InChI=1S/C19H26GeO2S/c1-16(2)15-19(20(3,4)17-11-7-5-8-12-17)23(21,22)18-13-9-6-10-14-18/h5-14,16,19H,15H2,1-4H3. The molecule has 0 radical (unpaired) electrons. The zero-order valence-electron chi connectivity index (χ0n) is 14.4. The summed E-state index contributed by atoms with van der Waals surface area (Å²) >= 11 is -2.78. The van der Waals surface area contributed by atoms with Crippen LogP contribution in [0.2, 0.25) is 11.5 Å². The summed E-state index contributed by atoms with van der Waals surface area (Å²) in [5, 5.41) is 0. The fourth-order valence-corrected chi connectivity index (χ4v) is 17.0. The van der Waals surface area contributed by atoms with Crippen LogP contribution in [0.25, 0.3) is 0 Å². The van der Waals surface area contributed by atoms with Gasteiger partial charge in [0.1, 0.15) is 0 Å². The molecule has 2 aromatic rings. The predicted molar refractivity (Wildman–Crippen MR) is 100 cm³/mol. The summed E-state index contributed by atoms with van der Waals surface area (Å²) < 4.78 is 27.6.